The van der Waals surface area contributed by atoms with Crippen molar-refractivity contribution in [3.63, 3.8) is 0 Å². The summed E-state index contributed by atoms with van der Waals surface area (Å²) in [5.41, 5.74) is 4.41. The van der Waals surface area contributed by atoms with Crippen LogP contribution in [0.3, 0.4) is 0 Å². The van der Waals surface area contributed by atoms with E-state index in [-0.39, 0.29) is 5.91 Å². The lowest BCUT2D eigenvalue weighted by Gasteiger charge is -2.08. The quantitative estimate of drug-likeness (QED) is 0.430. The first kappa shape index (κ1) is 18.2. The van der Waals surface area contributed by atoms with Crippen LogP contribution in [-0.2, 0) is 0 Å². The van der Waals surface area contributed by atoms with Gasteiger partial charge in [0.1, 0.15) is 0 Å². The van der Waals surface area contributed by atoms with E-state index >= 15 is 0 Å². The van der Waals surface area contributed by atoms with Crippen molar-refractivity contribution in [2.45, 2.75) is 0 Å². The lowest BCUT2D eigenvalue weighted by molar-refractivity contribution is 0.102. The van der Waals surface area contributed by atoms with Crippen LogP contribution >= 0.6 is 35.4 Å². The van der Waals surface area contributed by atoms with Gasteiger partial charge in [-0.1, -0.05) is 35.3 Å². The van der Waals surface area contributed by atoms with Crippen LogP contribution in [0.25, 0.3) is 0 Å². The third-order valence-corrected chi connectivity index (χ3v) is 3.77. The number of anilines is 1. The van der Waals surface area contributed by atoms with Crippen molar-refractivity contribution >= 4 is 58.3 Å². The van der Waals surface area contributed by atoms with Gasteiger partial charge in [0.2, 0.25) is 0 Å². The highest BCUT2D eigenvalue weighted by atomic mass is 35.5. The van der Waals surface area contributed by atoms with Gasteiger partial charge in [0, 0.05) is 17.8 Å². The molecule has 0 unspecified atom stereocenters. The molecular weight excluding hydrogens is 367 g/mol. The maximum absolute atomic E-state index is 12.3. The topological polar surface area (TPSA) is 65.5 Å². The monoisotopic (exact) mass is 380 g/mol. The van der Waals surface area contributed by atoms with Crippen molar-refractivity contribution in [1.29, 1.82) is 0 Å². The van der Waals surface area contributed by atoms with E-state index in [2.05, 4.69) is 21.2 Å². The van der Waals surface area contributed by atoms with Crippen LogP contribution in [0.5, 0.6) is 0 Å². The minimum atomic E-state index is -0.319. The van der Waals surface area contributed by atoms with E-state index in [1.807, 2.05) is 6.07 Å². The van der Waals surface area contributed by atoms with Crippen LogP contribution in [0.15, 0.2) is 47.6 Å². The first-order chi connectivity index (χ1) is 11.5. The Kier molecular flexibility index (Phi) is 6.54. The molecule has 2 rings (SSSR count). The average molecular weight is 381 g/mol. The molecule has 0 fully saturated rings. The molecule has 8 heteroatoms. The number of thiocarbonyl (C=S) groups is 1. The second-order valence-electron chi connectivity index (χ2n) is 4.65. The molecule has 0 aliphatic rings. The van der Waals surface area contributed by atoms with E-state index in [4.69, 9.17) is 35.4 Å². The Morgan fingerprint density at radius 3 is 2.71 bits per heavy atom. The number of rotatable bonds is 4. The van der Waals surface area contributed by atoms with E-state index in [1.54, 1.807) is 43.6 Å². The number of nitrogens with zero attached hydrogens (tertiary/aromatic N) is 1. The summed E-state index contributed by atoms with van der Waals surface area (Å²) in [6.07, 6.45) is 1.59. The van der Waals surface area contributed by atoms with Crippen LogP contribution in [0, 0.1) is 0 Å². The summed E-state index contributed by atoms with van der Waals surface area (Å²) in [6, 6.07) is 11.9. The summed E-state index contributed by atoms with van der Waals surface area (Å²) < 4.78 is 0. The molecule has 2 aromatic rings. The molecule has 2 aromatic carbocycles. The highest BCUT2D eigenvalue weighted by Crippen LogP contribution is 2.22. The van der Waals surface area contributed by atoms with Crippen LogP contribution in [0.2, 0.25) is 10.0 Å². The molecule has 0 radical (unpaired) electrons. The number of carbonyl (C=O) groups excluding carboxylic acids is 1. The number of hydrogen-bond acceptors (Lipinski definition) is 3. The normalized spacial score (nSPS) is 10.5. The molecule has 0 bridgehead atoms. The van der Waals surface area contributed by atoms with E-state index in [0.29, 0.717) is 26.4 Å². The summed E-state index contributed by atoms with van der Waals surface area (Å²) in [5, 5.41) is 10.7. The van der Waals surface area contributed by atoms with Crippen LogP contribution in [0.1, 0.15) is 15.9 Å². The van der Waals surface area contributed by atoms with Gasteiger partial charge in [0.25, 0.3) is 5.91 Å². The van der Waals surface area contributed by atoms with Crippen molar-refractivity contribution in [1.82, 2.24) is 10.7 Å². The summed E-state index contributed by atoms with van der Waals surface area (Å²) >= 11 is 16.8. The molecule has 0 saturated heterocycles. The maximum Gasteiger partial charge on any atom is 0.257 e. The van der Waals surface area contributed by atoms with Gasteiger partial charge in [-0.3, -0.25) is 10.2 Å². The van der Waals surface area contributed by atoms with Crippen molar-refractivity contribution in [2.75, 3.05) is 12.4 Å². The Labute approximate surface area is 155 Å². The summed E-state index contributed by atoms with van der Waals surface area (Å²) in [5.74, 6) is -0.319. The smallest absolute Gasteiger partial charge is 0.257 e. The predicted molar refractivity (Wildman–Crippen MR) is 103 cm³/mol. The molecule has 0 aliphatic heterocycles. The number of benzene rings is 2. The average Bonchev–Trinajstić information content (AvgIpc) is 2.54. The minimum absolute atomic E-state index is 0.294. The molecule has 124 valence electrons. The number of hydrazone groups is 1. The molecule has 0 heterocycles. The van der Waals surface area contributed by atoms with Crippen molar-refractivity contribution in [2.24, 2.45) is 5.10 Å². The molecule has 0 aliphatic carbocycles. The zero-order chi connectivity index (χ0) is 17.5. The van der Waals surface area contributed by atoms with Crippen LogP contribution < -0.4 is 16.1 Å². The van der Waals surface area contributed by atoms with Gasteiger partial charge >= 0.3 is 0 Å². The Bertz CT molecular complexity index is 795. The van der Waals surface area contributed by atoms with Crippen molar-refractivity contribution < 1.29 is 4.79 Å². The summed E-state index contributed by atoms with van der Waals surface area (Å²) in [4.78, 5) is 12.3. The predicted octanol–water partition coefficient (Wildman–Crippen LogP) is 3.67. The lowest BCUT2D eigenvalue weighted by Crippen LogP contribution is -2.28. The highest BCUT2D eigenvalue weighted by Gasteiger charge is 2.11. The Morgan fingerprint density at radius 2 is 2.00 bits per heavy atom. The number of hydrogen-bond donors (Lipinski definition) is 3. The summed E-state index contributed by atoms with van der Waals surface area (Å²) in [7, 11) is 1.70. The van der Waals surface area contributed by atoms with Gasteiger partial charge in [-0.05, 0) is 48.1 Å². The molecule has 0 saturated carbocycles. The first-order valence-corrected chi connectivity index (χ1v) is 8.03. The zero-order valence-corrected chi connectivity index (χ0v) is 15.0. The molecule has 24 heavy (non-hydrogen) atoms. The number of nitrogens with one attached hydrogen (secondary N) is 3. The first-order valence-electron chi connectivity index (χ1n) is 6.87. The third kappa shape index (κ3) is 5.19. The van der Waals surface area contributed by atoms with Gasteiger partial charge in [0.15, 0.2) is 5.11 Å². The van der Waals surface area contributed by atoms with E-state index in [0.717, 1.165) is 5.56 Å². The van der Waals surface area contributed by atoms with Crippen molar-refractivity contribution in [3.05, 3.63) is 63.6 Å². The molecular formula is C16H14Cl2N4OS. The second kappa shape index (κ2) is 8.63. The third-order valence-electron chi connectivity index (χ3n) is 2.93. The maximum atomic E-state index is 12.3. The molecule has 1 amide bonds. The van der Waals surface area contributed by atoms with Gasteiger partial charge in [0.05, 0.1) is 16.8 Å². The van der Waals surface area contributed by atoms with Crippen LogP contribution in [0.4, 0.5) is 5.69 Å². The number of halogens is 2. The van der Waals surface area contributed by atoms with Gasteiger partial charge in [-0.2, -0.15) is 5.10 Å². The van der Waals surface area contributed by atoms with Crippen LogP contribution in [-0.4, -0.2) is 24.3 Å². The lowest BCUT2D eigenvalue weighted by atomic mass is 10.2. The van der Waals surface area contributed by atoms with Gasteiger partial charge < -0.3 is 10.6 Å². The molecule has 0 spiro atoms. The molecule has 0 aromatic heterocycles. The van der Waals surface area contributed by atoms with E-state index in [1.165, 1.54) is 6.07 Å². The fourth-order valence-electron chi connectivity index (χ4n) is 1.79. The van der Waals surface area contributed by atoms with E-state index < -0.39 is 0 Å². The number of carbonyl (C=O) groups is 1. The SMILES string of the molecule is CNC(=S)N/N=C\c1cccc(NC(=O)c2ccc(Cl)cc2Cl)c1. The minimum Gasteiger partial charge on any atom is -0.364 e. The fourth-order valence-corrected chi connectivity index (χ4v) is 2.34. The Balaban J connectivity index is 2.08. The van der Waals surface area contributed by atoms with Gasteiger partial charge in [-0.25, -0.2) is 0 Å². The zero-order valence-electron chi connectivity index (χ0n) is 12.6. The fraction of sp³-hybridized carbons (Fsp3) is 0.0625. The Morgan fingerprint density at radius 1 is 1.21 bits per heavy atom. The number of amides is 1. The molecule has 0 atom stereocenters. The molecule has 3 N–H and O–H groups in total. The van der Waals surface area contributed by atoms with E-state index in [9.17, 15) is 4.79 Å². The Hall–Kier alpha value is -2.15. The largest absolute Gasteiger partial charge is 0.364 e. The summed E-state index contributed by atoms with van der Waals surface area (Å²) in [6.45, 7) is 0. The highest BCUT2D eigenvalue weighted by molar-refractivity contribution is 7.80. The second-order valence-corrected chi connectivity index (χ2v) is 5.90. The standard InChI is InChI=1S/C16H14Cl2N4OS/c1-19-16(24)22-20-9-10-3-2-4-12(7-10)21-15(23)13-6-5-11(17)8-14(13)18/h2-9H,1H3,(H,21,23)(H2,19,22,24)/b20-9-. The van der Waals surface area contributed by atoms with Gasteiger partial charge in [-0.15, -0.1) is 0 Å². The van der Waals surface area contributed by atoms with Crippen molar-refractivity contribution in [3.8, 4) is 0 Å². The molecule has 5 nitrogen and oxygen atoms in total.